The molecule has 0 amide bonds. The number of pyridine rings is 1. The van der Waals surface area contributed by atoms with Gasteiger partial charge in [-0.2, -0.15) is 0 Å². The monoisotopic (exact) mass is 462 g/mol. The molecule has 2 N–H and O–H groups in total. The van der Waals surface area contributed by atoms with E-state index in [0.29, 0.717) is 5.69 Å². The van der Waals surface area contributed by atoms with Crippen LogP contribution in [0.1, 0.15) is 48.8 Å². The molecule has 174 valence electrons. The van der Waals surface area contributed by atoms with Gasteiger partial charge in [0.2, 0.25) is 0 Å². The number of aromatic nitrogens is 3. The van der Waals surface area contributed by atoms with Gasteiger partial charge in [-0.15, -0.1) is 0 Å². The van der Waals surface area contributed by atoms with Crippen LogP contribution in [0.25, 0.3) is 11.3 Å². The Balaban J connectivity index is 1.62. The van der Waals surface area contributed by atoms with Crippen molar-refractivity contribution in [1.82, 2.24) is 15.0 Å². The molecule has 0 bridgehead atoms. The number of hydrogen-bond acceptors (Lipinski definition) is 6. The molecule has 0 saturated heterocycles. The van der Waals surface area contributed by atoms with Gasteiger partial charge in [-0.1, -0.05) is 51.1 Å². The molecule has 2 heterocycles. The summed E-state index contributed by atoms with van der Waals surface area (Å²) in [7, 11) is -1.70. The Morgan fingerprint density at radius 1 is 1.06 bits per heavy atom. The molecule has 0 aliphatic rings. The first-order valence-electron chi connectivity index (χ1n) is 11.3. The Hall–Kier alpha value is -2.90. The third kappa shape index (κ3) is 6.55. The Morgan fingerprint density at radius 3 is 2.42 bits per heavy atom. The van der Waals surface area contributed by atoms with Crippen LogP contribution in [-0.2, 0) is 17.3 Å². The minimum absolute atomic E-state index is 0.144. The van der Waals surface area contributed by atoms with Gasteiger partial charge in [0.1, 0.15) is 5.69 Å². The molecule has 0 atom stereocenters. The molecule has 1 aromatic carbocycles. The Labute approximate surface area is 197 Å². The first-order chi connectivity index (χ1) is 15.6. The van der Waals surface area contributed by atoms with Crippen molar-refractivity contribution < 1.29 is 9.22 Å². The van der Waals surface area contributed by atoms with Crippen molar-refractivity contribution in [1.29, 1.82) is 0 Å². The number of nitrogens with two attached hydrogens (primary N) is 1. The molecule has 2 aromatic heterocycles. The first-order valence-corrected chi connectivity index (χ1v) is 14.3. The molecular weight excluding hydrogens is 428 g/mol. The summed E-state index contributed by atoms with van der Waals surface area (Å²) in [6.07, 6.45) is 7.08. The van der Waals surface area contributed by atoms with E-state index in [9.17, 15) is 4.79 Å². The lowest BCUT2D eigenvalue weighted by Crippen LogP contribution is -2.41. The molecule has 0 aliphatic carbocycles. The van der Waals surface area contributed by atoms with Gasteiger partial charge in [0.25, 0.3) is 0 Å². The minimum atomic E-state index is -1.70. The van der Waals surface area contributed by atoms with Crippen molar-refractivity contribution in [2.24, 2.45) is 0 Å². The Morgan fingerprint density at radius 2 is 1.79 bits per heavy atom. The molecule has 3 rings (SSSR count). The van der Waals surface area contributed by atoms with Crippen LogP contribution in [0.5, 0.6) is 0 Å². The van der Waals surface area contributed by atoms with Gasteiger partial charge in [0, 0.05) is 31.0 Å². The third-order valence-electron chi connectivity index (χ3n) is 6.28. The number of carbonyl (C=O) groups excluding carboxylic acids is 1. The summed E-state index contributed by atoms with van der Waals surface area (Å²) in [6.45, 7) is 12.1. The van der Waals surface area contributed by atoms with Gasteiger partial charge >= 0.3 is 0 Å². The summed E-state index contributed by atoms with van der Waals surface area (Å²) < 4.78 is 6.27. The number of aryl methyl sites for hydroxylation is 1. The molecule has 3 aromatic rings. The van der Waals surface area contributed by atoms with E-state index >= 15 is 0 Å². The second-order valence-electron chi connectivity index (χ2n) is 9.86. The number of rotatable bonds is 9. The molecule has 0 radical (unpaired) electrons. The largest absolute Gasteiger partial charge is 0.417 e. The lowest BCUT2D eigenvalue weighted by Gasteiger charge is -2.36. The number of carbonyl (C=O) groups is 1. The normalized spacial score (nSPS) is 12.0. The van der Waals surface area contributed by atoms with Crippen molar-refractivity contribution in [2.75, 3.05) is 12.3 Å². The number of anilines is 1. The lowest BCUT2D eigenvalue weighted by atomic mass is 10.1. The Bertz CT molecular complexity index is 1080. The molecule has 33 heavy (non-hydrogen) atoms. The van der Waals surface area contributed by atoms with Crippen molar-refractivity contribution >= 4 is 19.9 Å². The second kappa shape index (κ2) is 10.4. The summed E-state index contributed by atoms with van der Waals surface area (Å²) in [6, 6.07) is 11.9. The number of benzene rings is 1. The molecule has 0 unspecified atom stereocenters. The van der Waals surface area contributed by atoms with Crippen molar-refractivity contribution in [3.63, 3.8) is 0 Å². The van der Waals surface area contributed by atoms with Gasteiger partial charge in [-0.05, 0) is 48.2 Å². The smallest absolute Gasteiger partial charge is 0.191 e. The first kappa shape index (κ1) is 24.7. The predicted octanol–water partition coefficient (Wildman–Crippen LogP) is 5.50. The fourth-order valence-electron chi connectivity index (χ4n) is 3.18. The fraction of sp³-hybridized carbons (Fsp3) is 0.385. The zero-order valence-corrected chi connectivity index (χ0v) is 21.3. The molecular formula is C26H34N4O2Si. The van der Waals surface area contributed by atoms with Crippen LogP contribution < -0.4 is 5.73 Å². The Kier molecular flexibility index (Phi) is 7.76. The maximum Gasteiger partial charge on any atom is 0.191 e. The van der Waals surface area contributed by atoms with E-state index in [1.54, 1.807) is 24.7 Å². The fourth-order valence-corrected chi connectivity index (χ4v) is 4.26. The predicted molar refractivity (Wildman–Crippen MR) is 136 cm³/mol. The highest BCUT2D eigenvalue weighted by Crippen LogP contribution is 2.36. The van der Waals surface area contributed by atoms with Crippen LogP contribution in [0.4, 0.5) is 5.82 Å². The van der Waals surface area contributed by atoms with Gasteiger partial charge in [0.15, 0.2) is 19.9 Å². The van der Waals surface area contributed by atoms with Crippen LogP contribution in [0.15, 0.2) is 55.0 Å². The summed E-state index contributed by atoms with van der Waals surface area (Å²) in [5, 5.41) is 0.229. The quantitative estimate of drug-likeness (QED) is 0.256. The van der Waals surface area contributed by atoms with Crippen LogP contribution >= 0.6 is 0 Å². The highest BCUT2D eigenvalue weighted by atomic mass is 28.4. The van der Waals surface area contributed by atoms with Crippen molar-refractivity contribution in [3.8, 4) is 11.3 Å². The van der Waals surface area contributed by atoms with E-state index in [-0.39, 0.29) is 28.8 Å². The molecule has 6 nitrogen and oxygen atoms in total. The van der Waals surface area contributed by atoms with Crippen LogP contribution in [-0.4, -0.2) is 35.7 Å². The van der Waals surface area contributed by atoms with E-state index in [1.807, 2.05) is 18.2 Å². The number of nitrogens with zero attached hydrogens (tertiary/aromatic N) is 3. The SMILES string of the molecule is CC(C)(C)[Si](C)(C)OCCCc1ccc(-c2cnc(N)c(C(=O)Cc3cccnc3)n2)cc1. The van der Waals surface area contributed by atoms with Crippen LogP contribution in [0.3, 0.4) is 0 Å². The van der Waals surface area contributed by atoms with Gasteiger partial charge < -0.3 is 10.2 Å². The number of nitrogen functional groups attached to an aromatic ring is 1. The van der Waals surface area contributed by atoms with E-state index in [0.717, 1.165) is 30.6 Å². The number of ketones is 1. The summed E-state index contributed by atoms with van der Waals surface area (Å²) in [5.74, 6) is -0.0285. The molecule has 0 saturated carbocycles. The number of hydrogen-bond donors (Lipinski definition) is 1. The average molecular weight is 463 g/mol. The zero-order valence-electron chi connectivity index (χ0n) is 20.3. The van der Waals surface area contributed by atoms with E-state index in [4.69, 9.17) is 10.2 Å². The van der Waals surface area contributed by atoms with Crippen LogP contribution in [0.2, 0.25) is 18.1 Å². The second-order valence-corrected chi connectivity index (χ2v) is 14.7. The molecule has 7 heteroatoms. The highest BCUT2D eigenvalue weighted by molar-refractivity contribution is 6.74. The van der Waals surface area contributed by atoms with E-state index in [1.165, 1.54) is 5.56 Å². The average Bonchev–Trinajstić information content (AvgIpc) is 2.77. The third-order valence-corrected chi connectivity index (χ3v) is 10.8. The van der Waals surface area contributed by atoms with E-state index in [2.05, 4.69) is 60.9 Å². The standard InChI is InChI=1S/C26H34N4O2Si/c1-26(2,3)33(4,5)32-15-7-9-19-10-12-21(13-11-19)22-18-29-25(27)24(30-22)23(31)16-20-8-6-14-28-17-20/h6,8,10-14,17-18H,7,9,15-16H2,1-5H3,(H2,27,29). The van der Waals surface area contributed by atoms with Gasteiger partial charge in [-0.3, -0.25) is 9.78 Å². The molecule has 0 fully saturated rings. The zero-order chi connectivity index (χ0) is 24.1. The molecule has 0 aliphatic heterocycles. The maximum atomic E-state index is 12.7. The van der Waals surface area contributed by atoms with Gasteiger partial charge in [-0.25, -0.2) is 9.97 Å². The molecule has 0 spiro atoms. The van der Waals surface area contributed by atoms with Gasteiger partial charge in [0.05, 0.1) is 11.9 Å². The summed E-state index contributed by atoms with van der Waals surface area (Å²) in [5.41, 5.74) is 9.74. The summed E-state index contributed by atoms with van der Waals surface area (Å²) >= 11 is 0. The van der Waals surface area contributed by atoms with Crippen molar-refractivity contribution in [2.45, 2.75) is 58.2 Å². The topological polar surface area (TPSA) is 91.0 Å². The lowest BCUT2D eigenvalue weighted by molar-refractivity contribution is 0.0989. The number of Topliss-reactive ketones (excluding diaryl/α,β-unsaturated/α-hetero) is 1. The maximum absolute atomic E-state index is 12.7. The van der Waals surface area contributed by atoms with Crippen LogP contribution in [0, 0.1) is 0 Å². The minimum Gasteiger partial charge on any atom is -0.417 e. The highest BCUT2D eigenvalue weighted by Gasteiger charge is 2.36. The van der Waals surface area contributed by atoms with E-state index < -0.39 is 8.32 Å². The summed E-state index contributed by atoms with van der Waals surface area (Å²) in [4.78, 5) is 25.5. The van der Waals surface area contributed by atoms with Crippen molar-refractivity contribution in [3.05, 3.63) is 71.8 Å².